The topological polar surface area (TPSA) is 38.0 Å². The van der Waals surface area contributed by atoms with Crippen molar-refractivity contribution < 1.29 is 5.48 Å². The minimum absolute atomic E-state index is 0. The summed E-state index contributed by atoms with van der Waals surface area (Å²) in [5.74, 6) is 0. The van der Waals surface area contributed by atoms with Crippen molar-refractivity contribution in [3.05, 3.63) is 0 Å². The van der Waals surface area contributed by atoms with Crippen molar-refractivity contribution in [2.24, 2.45) is 0 Å². The number of likely N-dealkylation sites (tertiary alicyclic amines) is 2. The summed E-state index contributed by atoms with van der Waals surface area (Å²) >= 11 is 0. The van der Waals surface area contributed by atoms with Crippen LogP contribution in [-0.4, -0.2) is 48.1 Å². The Kier molecular flexibility index (Phi) is 7.55. The van der Waals surface area contributed by atoms with Gasteiger partial charge in [-0.3, -0.25) is 9.80 Å². The quantitative estimate of drug-likeness (QED) is 0.703. The molecule has 2 saturated heterocycles. The predicted octanol–water partition coefficient (Wildman–Crippen LogP) is 1.12. The summed E-state index contributed by atoms with van der Waals surface area (Å²) in [6, 6.07) is 0. The van der Waals surface area contributed by atoms with E-state index in [0.717, 1.165) is 0 Å². The molecular formula is C10H23ClN2O. The molecule has 14 heavy (non-hydrogen) atoms. The van der Waals surface area contributed by atoms with E-state index in [-0.39, 0.29) is 17.9 Å². The molecule has 0 atom stereocenters. The Bertz CT molecular complexity index is 134. The maximum atomic E-state index is 2.62. The first-order chi connectivity index (χ1) is 5.95. The molecule has 0 unspecified atom stereocenters. The monoisotopic (exact) mass is 222 g/mol. The van der Waals surface area contributed by atoms with Crippen LogP contribution in [0.25, 0.3) is 0 Å². The highest BCUT2D eigenvalue weighted by Crippen LogP contribution is 2.12. The summed E-state index contributed by atoms with van der Waals surface area (Å²) in [5.41, 5.74) is 0. The van der Waals surface area contributed by atoms with Gasteiger partial charge in [-0.25, -0.2) is 0 Å². The molecule has 0 radical (unpaired) electrons. The number of piperidine rings is 1. The maximum Gasteiger partial charge on any atom is 0.0506 e. The van der Waals surface area contributed by atoms with Gasteiger partial charge in [0.15, 0.2) is 0 Å². The van der Waals surface area contributed by atoms with Gasteiger partial charge >= 0.3 is 0 Å². The fourth-order valence-corrected chi connectivity index (χ4v) is 2.31. The van der Waals surface area contributed by atoms with Gasteiger partial charge in [-0.1, -0.05) is 6.42 Å². The third-order valence-corrected chi connectivity index (χ3v) is 3.05. The SMILES string of the molecule is C1CCN(CN2CCCC2)CC1.Cl.O. The second-order valence-corrected chi connectivity index (χ2v) is 4.15. The van der Waals surface area contributed by atoms with Gasteiger partial charge < -0.3 is 5.48 Å². The van der Waals surface area contributed by atoms with Gasteiger partial charge in [-0.2, -0.15) is 0 Å². The molecule has 0 amide bonds. The van der Waals surface area contributed by atoms with Crippen LogP contribution in [0, 0.1) is 0 Å². The number of hydrogen-bond donors (Lipinski definition) is 0. The lowest BCUT2D eigenvalue weighted by molar-refractivity contribution is 0.132. The van der Waals surface area contributed by atoms with Gasteiger partial charge in [0.05, 0.1) is 6.67 Å². The molecule has 4 heteroatoms. The zero-order valence-electron chi connectivity index (χ0n) is 8.87. The average Bonchev–Trinajstić information content (AvgIpc) is 2.59. The van der Waals surface area contributed by atoms with Crippen molar-refractivity contribution in [3.8, 4) is 0 Å². The Balaban J connectivity index is 0.000000845. The summed E-state index contributed by atoms with van der Waals surface area (Å²) in [6.07, 6.45) is 7.15. The van der Waals surface area contributed by atoms with E-state index in [1.165, 1.54) is 65.0 Å². The van der Waals surface area contributed by atoms with Crippen molar-refractivity contribution in [2.75, 3.05) is 32.8 Å². The molecular weight excluding hydrogens is 200 g/mol. The minimum Gasteiger partial charge on any atom is -0.412 e. The van der Waals surface area contributed by atoms with Crippen molar-refractivity contribution in [1.29, 1.82) is 0 Å². The normalized spacial score (nSPS) is 24.0. The molecule has 86 valence electrons. The van der Waals surface area contributed by atoms with Crippen LogP contribution in [0.4, 0.5) is 0 Å². The van der Waals surface area contributed by atoms with Gasteiger partial charge in [0.25, 0.3) is 0 Å². The largest absolute Gasteiger partial charge is 0.412 e. The Morgan fingerprint density at radius 1 is 0.643 bits per heavy atom. The number of rotatable bonds is 2. The highest BCUT2D eigenvalue weighted by Gasteiger charge is 2.16. The molecule has 2 fully saturated rings. The average molecular weight is 223 g/mol. The smallest absolute Gasteiger partial charge is 0.0506 e. The zero-order chi connectivity index (χ0) is 8.23. The van der Waals surface area contributed by atoms with Gasteiger partial charge in [0.2, 0.25) is 0 Å². The van der Waals surface area contributed by atoms with Crippen LogP contribution in [0.5, 0.6) is 0 Å². The molecule has 2 heterocycles. The molecule has 0 aromatic rings. The Labute approximate surface area is 93.2 Å². The van der Waals surface area contributed by atoms with Crippen LogP contribution >= 0.6 is 12.4 Å². The molecule has 0 bridgehead atoms. The van der Waals surface area contributed by atoms with E-state index < -0.39 is 0 Å². The second-order valence-electron chi connectivity index (χ2n) is 4.15. The summed E-state index contributed by atoms with van der Waals surface area (Å²) in [4.78, 5) is 5.22. The first kappa shape index (κ1) is 14.2. The van der Waals surface area contributed by atoms with Gasteiger partial charge in [0, 0.05) is 0 Å². The Morgan fingerprint density at radius 2 is 1.00 bits per heavy atom. The third kappa shape index (κ3) is 4.13. The van der Waals surface area contributed by atoms with E-state index in [2.05, 4.69) is 9.80 Å². The Morgan fingerprint density at radius 3 is 1.43 bits per heavy atom. The summed E-state index contributed by atoms with van der Waals surface area (Å²) in [5, 5.41) is 0. The van der Waals surface area contributed by atoms with Gasteiger partial charge in [-0.15, -0.1) is 12.4 Å². The lowest BCUT2D eigenvalue weighted by Gasteiger charge is -2.30. The third-order valence-electron chi connectivity index (χ3n) is 3.05. The Hall–Kier alpha value is 0.170. The van der Waals surface area contributed by atoms with E-state index in [1.54, 1.807) is 0 Å². The van der Waals surface area contributed by atoms with Crippen molar-refractivity contribution in [3.63, 3.8) is 0 Å². The fourth-order valence-electron chi connectivity index (χ4n) is 2.31. The van der Waals surface area contributed by atoms with Crippen LogP contribution in [0.2, 0.25) is 0 Å². The van der Waals surface area contributed by atoms with Crippen LogP contribution < -0.4 is 0 Å². The van der Waals surface area contributed by atoms with Crippen molar-refractivity contribution in [2.45, 2.75) is 32.1 Å². The lowest BCUT2D eigenvalue weighted by atomic mass is 10.1. The first-order valence-electron chi connectivity index (χ1n) is 5.40. The molecule has 2 rings (SSSR count). The van der Waals surface area contributed by atoms with E-state index in [0.29, 0.717) is 0 Å². The first-order valence-corrected chi connectivity index (χ1v) is 5.40. The molecule has 0 saturated carbocycles. The fraction of sp³-hybridized carbons (Fsp3) is 1.00. The van der Waals surface area contributed by atoms with E-state index in [4.69, 9.17) is 0 Å². The second kappa shape index (κ2) is 7.46. The molecule has 2 aliphatic heterocycles. The van der Waals surface area contributed by atoms with Crippen molar-refractivity contribution in [1.82, 2.24) is 9.80 Å². The van der Waals surface area contributed by atoms with Crippen molar-refractivity contribution >= 4 is 12.4 Å². The highest BCUT2D eigenvalue weighted by molar-refractivity contribution is 5.85. The van der Waals surface area contributed by atoms with Crippen LogP contribution in [0.3, 0.4) is 0 Å². The molecule has 0 aromatic heterocycles. The summed E-state index contributed by atoms with van der Waals surface area (Å²) in [6.45, 7) is 6.62. The van der Waals surface area contributed by atoms with Crippen LogP contribution in [-0.2, 0) is 0 Å². The molecule has 0 spiro atoms. The van der Waals surface area contributed by atoms with E-state index in [9.17, 15) is 0 Å². The molecule has 0 aliphatic carbocycles. The highest BCUT2D eigenvalue weighted by atomic mass is 35.5. The van der Waals surface area contributed by atoms with E-state index >= 15 is 0 Å². The standard InChI is InChI=1S/C10H20N2.ClH.H2O/c1-2-6-11(7-3-1)10-12-8-4-5-9-12;;/h1-10H2;1H;1H2. The number of hydrogen-bond acceptors (Lipinski definition) is 2. The molecule has 0 aromatic carbocycles. The van der Waals surface area contributed by atoms with Crippen LogP contribution in [0.15, 0.2) is 0 Å². The van der Waals surface area contributed by atoms with Gasteiger partial charge in [0.1, 0.15) is 0 Å². The van der Waals surface area contributed by atoms with Gasteiger partial charge in [-0.05, 0) is 51.9 Å². The molecule has 3 nitrogen and oxygen atoms in total. The maximum absolute atomic E-state index is 2.62. The van der Waals surface area contributed by atoms with E-state index in [1.807, 2.05) is 0 Å². The summed E-state index contributed by atoms with van der Waals surface area (Å²) < 4.78 is 0. The predicted molar refractivity (Wildman–Crippen MR) is 62.0 cm³/mol. The number of nitrogens with zero attached hydrogens (tertiary/aromatic N) is 2. The molecule has 2 N–H and O–H groups in total. The number of halogens is 1. The van der Waals surface area contributed by atoms with Crippen LogP contribution in [0.1, 0.15) is 32.1 Å². The zero-order valence-corrected chi connectivity index (χ0v) is 9.69. The molecule has 2 aliphatic rings. The lowest BCUT2D eigenvalue weighted by Crippen LogP contribution is -2.39. The summed E-state index contributed by atoms with van der Waals surface area (Å²) in [7, 11) is 0. The minimum atomic E-state index is 0.